The molecule has 1 aromatic heterocycles. The molecule has 0 spiro atoms. The largest absolute Gasteiger partial charge is 0.420 e. The topological polar surface area (TPSA) is 89.5 Å². The van der Waals surface area contributed by atoms with Crippen LogP contribution in [0, 0.1) is 0 Å². The van der Waals surface area contributed by atoms with Crippen LogP contribution in [0.25, 0.3) is 11.1 Å². The highest BCUT2D eigenvalue weighted by atomic mass is 79.9. The van der Waals surface area contributed by atoms with Gasteiger partial charge in [0.05, 0.1) is 12.1 Å². The SMILES string of the molecule is O=C(c1ccc(Cl)cc1)c1ccc2c(c1)oc(=O)n2CC(O)C(=O)c1ccc(Br)cc1. The Balaban J connectivity index is 1.60. The zero-order valence-corrected chi connectivity index (χ0v) is 18.3. The fourth-order valence-electron chi connectivity index (χ4n) is 3.21. The molecule has 0 aliphatic heterocycles. The number of nitrogens with zero attached hydrogens (tertiary/aromatic N) is 1. The summed E-state index contributed by atoms with van der Waals surface area (Å²) in [7, 11) is 0. The van der Waals surface area contributed by atoms with Gasteiger partial charge < -0.3 is 9.52 Å². The number of rotatable bonds is 6. The number of benzene rings is 3. The average Bonchev–Trinajstić information content (AvgIpc) is 3.08. The van der Waals surface area contributed by atoms with Crippen molar-refractivity contribution in [1.82, 2.24) is 4.57 Å². The summed E-state index contributed by atoms with van der Waals surface area (Å²) in [6.45, 7) is -0.273. The van der Waals surface area contributed by atoms with Crippen LogP contribution < -0.4 is 5.76 Å². The number of hydrogen-bond donors (Lipinski definition) is 1. The van der Waals surface area contributed by atoms with Crippen LogP contribution in [0.3, 0.4) is 0 Å². The molecule has 0 amide bonds. The standard InChI is InChI=1S/C23H15BrClNO5/c24-16-6-1-14(2-7-16)22(29)19(27)12-26-18-10-5-15(11-20(18)31-23(26)30)21(28)13-3-8-17(25)9-4-13/h1-11,19,27H,12H2. The van der Waals surface area contributed by atoms with Crippen molar-refractivity contribution in [2.45, 2.75) is 12.6 Å². The molecule has 31 heavy (non-hydrogen) atoms. The molecule has 0 fully saturated rings. The lowest BCUT2D eigenvalue weighted by molar-refractivity contribution is 0.0710. The maximum atomic E-state index is 12.7. The van der Waals surface area contributed by atoms with Gasteiger partial charge in [0.2, 0.25) is 0 Å². The third kappa shape index (κ3) is 4.39. The zero-order chi connectivity index (χ0) is 22.1. The third-order valence-electron chi connectivity index (χ3n) is 4.82. The molecular weight excluding hydrogens is 486 g/mol. The molecule has 4 rings (SSSR count). The molecule has 1 N–H and O–H groups in total. The minimum absolute atomic E-state index is 0.188. The fraction of sp³-hybridized carbons (Fsp3) is 0.0870. The highest BCUT2D eigenvalue weighted by Crippen LogP contribution is 2.20. The lowest BCUT2D eigenvalue weighted by atomic mass is 10.0. The maximum Gasteiger partial charge on any atom is 0.420 e. The number of aliphatic hydroxyl groups is 1. The number of aliphatic hydroxyl groups excluding tert-OH is 1. The van der Waals surface area contributed by atoms with E-state index in [0.29, 0.717) is 27.2 Å². The first-order chi connectivity index (χ1) is 14.8. The number of ketones is 2. The second kappa shape index (κ2) is 8.63. The van der Waals surface area contributed by atoms with Gasteiger partial charge in [0, 0.05) is 26.2 Å². The van der Waals surface area contributed by atoms with Crippen LogP contribution in [0.2, 0.25) is 5.02 Å². The van der Waals surface area contributed by atoms with Crippen molar-refractivity contribution in [1.29, 1.82) is 0 Å². The van der Waals surface area contributed by atoms with Crippen molar-refractivity contribution in [3.05, 3.63) is 103 Å². The van der Waals surface area contributed by atoms with Crippen molar-refractivity contribution in [2.24, 2.45) is 0 Å². The summed E-state index contributed by atoms with van der Waals surface area (Å²) in [6, 6.07) is 17.6. The molecule has 1 heterocycles. The lowest BCUT2D eigenvalue weighted by Crippen LogP contribution is -2.30. The van der Waals surface area contributed by atoms with Gasteiger partial charge in [0.1, 0.15) is 6.10 Å². The van der Waals surface area contributed by atoms with E-state index in [4.69, 9.17) is 16.0 Å². The molecule has 4 aromatic rings. The number of fused-ring (bicyclic) bond motifs is 1. The Morgan fingerprint density at radius 3 is 2.26 bits per heavy atom. The summed E-state index contributed by atoms with van der Waals surface area (Å²) in [5, 5.41) is 10.9. The van der Waals surface area contributed by atoms with Gasteiger partial charge in [-0.05, 0) is 54.6 Å². The van der Waals surface area contributed by atoms with E-state index in [1.807, 2.05) is 0 Å². The highest BCUT2D eigenvalue weighted by molar-refractivity contribution is 9.10. The molecule has 1 unspecified atom stereocenters. The molecular formula is C23H15BrClNO5. The van der Waals surface area contributed by atoms with Gasteiger partial charge in [-0.2, -0.15) is 0 Å². The maximum absolute atomic E-state index is 12.7. The number of hydrogen-bond acceptors (Lipinski definition) is 5. The lowest BCUT2D eigenvalue weighted by Gasteiger charge is -2.10. The summed E-state index contributed by atoms with van der Waals surface area (Å²) in [5.41, 5.74) is 1.67. The Bertz CT molecular complexity index is 1340. The molecule has 0 saturated carbocycles. The first-order valence-corrected chi connectivity index (χ1v) is 10.4. The smallest absolute Gasteiger partial charge is 0.408 e. The monoisotopic (exact) mass is 499 g/mol. The Labute approximate surface area is 189 Å². The molecule has 8 heteroatoms. The van der Waals surface area contributed by atoms with Crippen LogP contribution in [0.15, 0.2) is 80.4 Å². The van der Waals surface area contributed by atoms with Gasteiger partial charge >= 0.3 is 5.76 Å². The van der Waals surface area contributed by atoms with Crippen LogP contribution in [-0.4, -0.2) is 27.3 Å². The van der Waals surface area contributed by atoms with E-state index in [1.165, 1.54) is 10.6 Å². The normalized spacial score (nSPS) is 12.1. The van der Waals surface area contributed by atoms with Crippen molar-refractivity contribution in [3.63, 3.8) is 0 Å². The third-order valence-corrected chi connectivity index (χ3v) is 5.60. The van der Waals surface area contributed by atoms with E-state index in [1.54, 1.807) is 60.7 Å². The number of Topliss-reactive ketones (excluding diaryl/α,β-unsaturated/α-hetero) is 1. The second-order valence-corrected chi connectivity index (χ2v) is 8.24. The fourth-order valence-corrected chi connectivity index (χ4v) is 3.60. The molecule has 156 valence electrons. The highest BCUT2D eigenvalue weighted by Gasteiger charge is 2.21. The van der Waals surface area contributed by atoms with Crippen LogP contribution in [0.5, 0.6) is 0 Å². The van der Waals surface area contributed by atoms with Gasteiger partial charge in [0.25, 0.3) is 0 Å². The Hall–Kier alpha value is -3.00. The summed E-state index contributed by atoms with van der Waals surface area (Å²) in [6.07, 6.45) is -1.44. The molecule has 6 nitrogen and oxygen atoms in total. The van der Waals surface area contributed by atoms with E-state index in [-0.39, 0.29) is 17.9 Å². The van der Waals surface area contributed by atoms with E-state index < -0.39 is 17.6 Å². The van der Waals surface area contributed by atoms with Crippen molar-refractivity contribution >= 4 is 50.2 Å². The molecule has 3 aromatic carbocycles. The summed E-state index contributed by atoms with van der Waals surface area (Å²) in [4.78, 5) is 37.5. The number of aromatic nitrogens is 1. The number of carbonyl (C=O) groups excluding carboxylic acids is 2. The first-order valence-electron chi connectivity index (χ1n) is 9.25. The molecule has 1 atom stereocenters. The molecule has 0 saturated heterocycles. The van der Waals surface area contributed by atoms with Crippen LogP contribution in [0.1, 0.15) is 26.3 Å². The second-order valence-electron chi connectivity index (χ2n) is 6.88. The summed E-state index contributed by atoms with van der Waals surface area (Å²) >= 11 is 9.15. The van der Waals surface area contributed by atoms with Crippen molar-refractivity contribution in [3.8, 4) is 0 Å². The number of oxazole rings is 1. The van der Waals surface area contributed by atoms with Gasteiger partial charge in [-0.3, -0.25) is 14.2 Å². The minimum Gasteiger partial charge on any atom is -0.408 e. The van der Waals surface area contributed by atoms with Crippen LogP contribution in [0.4, 0.5) is 0 Å². The summed E-state index contributed by atoms with van der Waals surface area (Å²) in [5.74, 6) is -1.49. The average molecular weight is 501 g/mol. The molecule has 0 aliphatic carbocycles. The predicted molar refractivity (Wildman–Crippen MR) is 120 cm³/mol. The number of halogens is 2. The first kappa shape index (κ1) is 21.2. The van der Waals surface area contributed by atoms with E-state index >= 15 is 0 Å². The Kier molecular flexibility index (Phi) is 5.91. The van der Waals surface area contributed by atoms with E-state index in [9.17, 15) is 19.5 Å². The van der Waals surface area contributed by atoms with Crippen molar-refractivity contribution < 1.29 is 19.1 Å². The van der Waals surface area contributed by atoms with Crippen molar-refractivity contribution in [2.75, 3.05) is 0 Å². The van der Waals surface area contributed by atoms with Gasteiger partial charge in [0.15, 0.2) is 17.1 Å². The minimum atomic E-state index is -1.44. The van der Waals surface area contributed by atoms with Crippen LogP contribution in [-0.2, 0) is 6.54 Å². The quantitative estimate of drug-likeness (QED) is 0.394. The van der Waals surface area contributed by atoms with Gasteiger partial charge in [-0.15, -0.1) is 0 Å². The molecule has 0 radical (unpaired) electrons. The van der Waals surface area contributed by atoms with E-state index in [2.05, 4.69) is 15.9 Å². The Morgan fingerprint density at radius 2 is 1.58 bits per heavy atom. The summed E-state index contributed by atoms with van der Waals surface area (Å²) < 4.78 is 7.23. The predicted octanol–water partition coefficient (Wildman–Crippen LogP) is 4.49. The zero-order valence-electron chi connectivity index (χ0n) is 15.9. The molecule has 0 bridgehead atoms. The molecule has 0 aliphatic rings. The van der Waals surface area contributed by atoms with Crippen LogP contribution >= 0.6 is 27.5 Å². The van der Waals surface area contributed by atoms with E-state index in [0.717, 1.165) is 4.47 Å². The van der Waals surface area contributed by atoms with Gasteiger partial charge in [-0.25, -0.2) is 4.79 Å². The van der Waals surface area contributed by atoms with Gasteiger partial charge in [-0.1, -0.05) is 39.7 Å². The number of carbonyl (C=O) groups is 2. The Morgan fingerprint density at radius 1 is 0.968 bits per heavy atom.